The Morgan fingerprint density at radius 3 is 3.10 bits per heavy atom. The summed E-state index contributed by atoms with van der Waals surface area (Å²) in [7, 11) is 0. The van der Waals surface area contributed by atoms with Gasteiger partial charge in [0, 0.05) is 42.7 Å². The molecule has 0 aromatic carbocycles. The minimum absolute atomic E-state index is 0.290. The summed E-state index contributed by atoms with van der Waals surface area (Å²) in [6, 6.07) is 5.75. The molecule has 2 aliphatic heterocycles. The van der Waals surface area contributed by atoms with E-state index in [9.17, 15) is 4.39 Å². The van der Waals surface area contributed by atoms with Crippen molar-refractivity contribution in [3.63, 3.8) is 0 Å². The van der Waals surface area contributed by atoms with Crippen molar-refractivity contribution in [1.29, 1.82) is 0 Å². The van der Waals surface area contributed by atoms with Crippen LogP contribution >= 0.6 is 0 Å². The molecule has 1 unspecified atom stereocenters. The van der Waals surface area contributed by atoms with E-state index >= 15 is 0 Å². The number of aryl methyl sites for hydroxylation is 1. The molecule has 1 saturated heterocycles. The summed E-state index contributed by atoms with van der Waals surface area (Å²) in [4.78, 5) is 10.9. The van der Waals surface area contributed by atoms with Gasteiger partial charge in [0.25, 0.3) is 0 Å². The summed E-state index contributed by atoms with van der Waals surface area (Å²) in [5.74, 6) is 0.497. The lowest BCUT2D eigenvalue weighted by molar-refractivity contribution is 0.624. The third-order valence-electron chi connectivity index (χ3n) is 4.01. The molecule has 4 nitrogen and oxygen atoms in total. The van der Waals surface area contributed by atoms with Crippen LogP contribution in [0.25, 0.3) is 11.3 Å². The van der Waals surface area contributed by atoms with Crippen LogP contribution in [-0.2, 0) is 0 Å². The highest BCUT2D eigenvalue weighted by atomic mass is 19.1. The van der Waals surface area contributed by atoms with Crippen molar-refractivity contribution in [3.8, 4) is 11.3 Å². The zero-order chi connectivity index (χ0) is 13.7. The van der Waals surface area contributed by atoms with Crippen molar-refractivity contribution < 1.29 is 4.39 Å². The van der Waals surface area contributed by atoms with Crippen molar-refractivity contribution in [2.24, 2.45) is 0 Å². The van der Waals surface area contributed by atoms with Crippen LogP contribution in [0.2, 0.25) is 0 Å². The van der Waals surface area contributed by atoms with Crippen molar-refractivity contribution in [2.45, 2.75) is 19.4 Å². The van der Waals surface area contributed by atoms with Crippen LogP contribution in [-0.4, -0.2) is 29.1 Å². The van der Waals surface area contributed by atoms with Crippen molar-refractivity contribution in [3.05, 3.63) is 35.9 Å². The molecule has 0 amide bonds. The third-order valence-corrected chi connectivity index (χ3v) is 4.01. The summed E-state index contributed by atoms with van der Waals surface area (Å²) in [5.41, 5.74) is 2.87. The maximum Gasteiger partial charge on any atom is 0.151 e. The minimum Gasteiger partial charge on any atom is -0.366 e. The van der Waals surface area contributed by atoms with Gasteiger partial charge in [-0.25, -0.2) is 9.37 Å². The second kappa shape index (κ2) is 4.16. The molecule has 0 aliphatic carbocycles. The van der Waals surface area contributed by atoms with E-state index in [-0.39, 0.29) is 5.82 Å². The first-order valence-electron chi connectivity index (χ1n) is 6.86. The van der Waals surface area contributed by atoms with Gasteiger partial charge in [-0.2, -0.15) is 0 Å². The first-order valence-corrected chi connectivity index (χ1v) is 6.86. The Balaban J connectivity index is 1.82. The Hall–Kier alpha value is -2.17. The lowest BCUT2D eigenvalue weighted by Crippen LogP contribution is -2.32. The summed E-state index contributed by atoms with van der Waals surface area (Å²) in [6.45, 7) is 3.82. The fraction of sp³-hybridized carbons (Fsp3) is 0.333. The topological polar surface area (TPSA) is 41.1 Å². The van der Waals surface area contributed by atoms with Crippen LogP contribution in [0, 0.1) is 12.7 Å². The summed E-state index contributed by atoms with van der Waals surface area (Å²) in [5, 5.41) is 3.40. The summed E-state index contributed by atoms with van der Waals surface area (Å²) in [6.07, 6.45) is 2.75. The van der Waals surface area contributed by atoms with Gasteiger partial charge >= 0.3 is 0 Å². The largest absolute Gasteiger partial charge is 0.366 e. The fourth-order valence-electron chi connectivity index (χ4n) is 2.93. The molecule has 0 saturated carbocycles. The Morgan fingerprint density at radius 1 is 1.40 bits per heavy atom. The SMILES string of the molecule is Cc1ccc(-c2nc3c(cc2F)N2CCC(C2)N3)cn1. The van der Waals surface area contributed by atoms with Crippen LogP contribution in [0.5, 0.6) is 0 Å². The molecule has 5 heteroatoms. The predicted octanol–water partition coefficient (Wildman–Crippen LogP) is 2.60. The van der Waals surface area contributed by atoms with Gasteiger partial charge in [0.2, 0.25) is 0 Å². The molecule has 4 rings (SSSR count). The van der Waals surface area contributed by atoms with Crippen LogP contribution in [0.4, 0.5) is 15.9 Å². The third kappa shape index (κ3) is 1.73. The molecular weight excluding hydrogens is 255 g/mol. The second-order valence-corrected chi connectivity index (χ2v) is 5.45. The van der Waals surface area contributed by atoms with Gasteiger partial charge < -0.3 is 10.2 Å². The van der Waals surface area contributed by atoms with E-state index < -0.39 is 0 Å². The average Bonchev–Trinajstić information content (AvgIpc) is 2.84. The average molecular weight is 270 g/mol. The molecule has 102 valence electrons. The zero-order valence-electron chi connectivity index (χ0n) is 11.2. The number of hydrogen-bond donors (Lipinski definition) is 1. The Labute approximate surface area is 116 Å². The predicted molar refractivity (Wildman–Crippen MR) is 76.4 cm³/mol. The molecule has 1 fully saturated rings. The lowest BCUT2D eigenvalue weighted by Gasteiger charge is -2.28. The Bertz CT molecular complexity index is 668. The van der Waals surface area contributed by atoms with E-state index in [2.05, 4.69) is 20.2 Å². The molecule has 2 aromatic heterocycles. The number of fused-ring (bicyclic) bond motifs is 4. The molecule has 2 aliphatic rings. The first-order chi connectivity index (χ1) is 9.70. The molecule has 0 spiro atoms. The van der Waals surface area contributed by atoms with Gasteiger partial charge in [0.05, 0.1) is 5.69 Å². The standard InChI is InChI=1S/C15H15FN4/c1-9-2-3-10(7-17-9)14-12(16)6-13-15(19-14)18-11-4-5-20(13)8-11/h2-3,6-7,11H,4-5,8H2,1H3,(H,18,19). The maximum atomic E-state index is 14.3. The fourth-order valence-corrected chi connectivity index (χ4v) is 2.93. The molecule has 2 bridgehead atoms. The number of hydrogen-bond acceptors (Lipinski definition) is 4. The van der Waals surface area contributed by atoms with Gasteiger partial charge in [0.15, 0.2) is 11.6 Å². The summed E-state index contributed by atoms with van der Waals surface area (Å²) < 4.78 is 14.3. The minimum atomic E-state index is -0.290. The van der Waals surface area contributed by atoms with Gasteiger partial charge in [0.1, 0.15) is 5.69 Å². The van der Waals surface area contributed by atoms with E-state index in [4.69, 9.17) is 0 Å². The quantitative estimate of drug-likeness (QED) is 0.864. The molecular formula is C15H15FN4. The first kappa shape index (κ1) is 11.6. The molecule has 0 radical (unpaired) electrons. The lowest BCUT2D eigenvalue weighted by atomic mass is 10.1. The van der Waals surface area contributed by atoms with Crippen molar-refractivity contribution >= 4 is 11.5 Å². The van der Waals surface area contributed by atoms with E-state index in [1.165, 1.54) is 0 Å². The molecule has 4 heterocycles. The maximum absolute atomic E-state index is 14.3. The summed E-state index contributed by atoms with van der Waals surface area (Å²) >= 11 is 0. The van der Waals surface area contributed by atoms with Gasteiger partial charge in [-0.3, -0.25) is 4.98 Å². The van der Waals surface area contributed by atoms with Gasteiger partial charge in [-0.05, 0) is 25.5 Å². The van der Waals surface area contributed by atoms with E-state index in [0.717, 1.165) is 36.7 Å². The highest BCUT2D eigenvalue weighted by Gasteiger charge is 2.31. The molecule has 2 aromatic rings. The molecule has 1 atom stereocenters. The van der Waals surface area contributed by atoms with E-state index in [0.29, 0.717) is 17.3 Å². The van der Waals surface area contributed by atoms with Crippen LogP contribution in [0.15, 0.2) is 24.4 Å². The highest BCUT2D eigenvalue weighted by molar-refractivity contribution is 5.74. The van der Waals surface area contributed by atoms with Crippen LogP contribution < -0.4 is 10.2 Å². The normalized spacial score (nSPS) is 19.7. The second-order valence-electron chi connectivity index (χ2n) is 5.45. The number of anilines is 2. The van der Waals surface area contributed by atoms with Crippen molar-refractivity contribution in [2.75, 3.05) is 23.3 Å². The number of aromatic nitrogens is 2. The number of nitrogens with zero attached hydrogens (tertiary/aromatic N) is 3. The Morgan fingerprint density at radius 2 is 2.30 bits per heavy atom. The van der Waals surface area contributed by atoms with Gasteiger partial charge in [-0.1, -0.05) is 0 Å². The van der Waals surface area contributed by atoms with Crippen LogP contribution in [0.3, 0.4) is 0 Å². The van der Waals surface area contributed by atoms with Crippen LogP contribution in [0.1, 0.15) is 12.1 Å². The zero-order valence-corrected chi connectivity index (χ0v) is 11.2. The van der Waals surface area contributed by atoms with Gasteiger partial charge in [-0.15, -0.1) is 0 Å². The molecule has 1 N–H and O–H groups in total. The number of halogens is 1. The number of nitrogens with one attached hydrogen (secondary N) is 1. The monoisotopic (exact) mass is 270 g/mol. The number of rotatable bonds is 1. The smallest absolute Gasteiger partial charge is 0.151 e. The highest BCUT2D eigenvalue weighted by Crippen LogP contribution is 2.37. The van der Waals surface area contributed by atoms with Crippen molar-refractivity contribution in [1.82, 2.24) is 9.97 Å². The Kier molecular flexibility index (Phi) is 2.42. The van der Waals surface area contributed by atoms with E-state index in [1.54, 1.807) is 12.3 Å². The van der Waals surface area contributed by atoms with E-state index in [1.807, 2.05) is 19.1 Å². The number of pyridine rings is 2. The molecule has 20 heavy (non-hydrogen) atoms.